The molecule has 0 aliphatic carbocycles. The van der Waals surface area contributed by atoms with Crippen molar-refractivity contribution in [3.63, 3.8) is 0 Å². The first-order chi connectivity index (χ1) is 6.75. The predicted molar refractivity (Wildman–Crippen MR) is 51.7 cm³/mol. The van der Waals surface area contributed by atoms with E-state index in [9.17, 15) is 0 Å². The summed E-state index contributed by atoms with van der Waals surface area (Å²) >= 11 is 0. The van der Waals surface area contributed by atoms with Crippen LogP contribution in [0.3, 0.4) is 0 Å². The maximum absolute atomic E-state index is 5.58. The zero-order chi connectivity index (χ0) is 9.97. The monoisotopic (exact) mass is 197 g/mol. The maximum atomic E-state index is 5.58. The topological polar surface area (TPSA) is 78.0 Å². The van der Waals surface area contributed by atoms with Crippen molar-refractivity contribution in [2.24, 2.45) is 7.05 Å². The Hall–Kier alpha value is -1.14. The first-order valence-electron chi connectivity index (χ1n) is 4.72. The van der Waals surface area contributed by atoms with E-state index in [1.807, 2.05) is 0 Å². The van der Waals surface area contributed by atoms with Gasteiger partial charge in [-0.3, -0.25) is 0 Å². The molecule has 1 aliphatic heterocycles. The van der Waals surface area contributed by atoms with E-state index in [4.69, 9.17) is 10.5 Å². The molecule has 1 aliphatic rings. The number of anilines is 1. The van der Waals surface area contributed by atoms with E-state index in [-0.39, 0.29) is 0 Å². The third-order valence-electron chi connectivity index (χ3n) is 2.27. The predicted octanol–water partition coefficient (Wildman–Crippen LogP) is -1.07. The van der Waals surface area contributed by atoms with Crippen molar-refractivity contribution in [3.8, 4) is 0 Å². The number of rotatable bonds is 2. The van der Waals surface area contributed by atoms with E-state index in [1.54, 1.807) is 11.7 Å². The zero-order valence-electron chi connectivity index (χ0n) is 8.23. The molecule has 6 heteroatoms. The van der Waals surface area contributed by atoms with Gasteiger partial charge < -0.3 is 15.8 Å². The molecule has 6 nitrogen and oxygen atoms in total. The van der Waals surface area contributed by atoms with Crippen molar-refractivity contribution >= 4 is 5.95 Å². The summed E-state index contributed by atoms with van der Waals surface area (Å²) in [6.45, 7) is 2.40. The highest BCUT2D eigenvalue weighted by molar-refractivity contribution is 5.15. The largest absolute Gasteiger partial charge is 0.379 e. The first kappa shape index (κ1) is 9.42. The van der Waals surface area contributed by atoms with Crippen molar-refractivity contribution in [1.29, 1.82) is 0 Å². The van der Waals surface area contributed by atoms with Gasteiger partial charge in [0.2, 0.25) is 5.95 Å². The zero-order valence-corrected chi connectivity index (χ0v) is 8.23. The molecule has 1 aromatic heterocycles. The van der Waals surface area contributed by atoms with Crippen LogP contribution in [0, 0.1) is 0 Å². The summed E-state index contributed by atoms with van der Waals surface area (Å²) in [5.74, 6) is 1.23. The molecule has 1 saturated heterocycles. The van der Waals surface area contributed by atoms with Gasteiger partial charge in [-0.2, -0.15) is 10.1 Å². The average Bonchev–Trinajstić information content (AvgIpc) is 2.47. The Bertz CT molecular complexity index is 285. The van der Waals surface area contributed by atoms with Crippen LogP contribution in [0.2, 0.25) is 0 Å². The van der Waals surface area contributed by atoms with Crippen molar-refractivity contribution in [2.75, 3.05) is 25.5 Å². The van der Waals surface area contributed by atoms with Gasteiger partial charge in [0.05, 0.1) is 13.2 Å². The highest BCUT2D eigenvalue weighted by Crippen LogP contribution is 2.03. The molecule has 78 valence electrons. The summed E-state index contributed by atoms with van der Waals surface area (Å²) in [6.07, 6.45) is 0.769. The molecule has 14 heavy (non-hydrogen) atoms. The Balaban J connectivity index is 1.95. The standard InChI is InChI=1S/C8H15N5O/c1-13-8(9)11-7(12-13)4-6-5-14-3-2-10-6/h6,10H,2-5H2,1H3,(H2,9,11,12). The first-order valence-corrected chi connectivity index (χ1v) is 4.72. The number of morpholine rings is 1. The van der Waals surface area contributed by atoms with Gasteiger partial charge in [0, 0.05) is 26.1 Å². The van der Waals surface area contributed by atoms with E-state index in [0.717, 1.165) is 32.0 Å². The van der Waals surface area contributed by atoms with Crippen LogP contribution in [0.4, 0.5) is 5.95 Å². The van der Waals surface area contributed by atoms with Crippen LogP contribution in [-0.4, -0.2) is 40.6 Å². The van der Waals surface area contributed by atoms with E-state index in [0.29, 0.717) is 12.0 Å². The van der Waals surface area contributed by atoms with Gasteiger partial charge in [-0.05, 0) is 0 Å². The molecule has 1 aromatic rings. The number of ether oxygens (including phenoxy) is 1. The van der Waals surface area contributed by atoms with Gasteiger partial charge >= 0.3 is 0 Å². The summed E-state index contributed by atoms with van der Waals surface area (Å²) in [6, 6.07) is 0.311. The maximum Gasteiger partial charge on any atom is 0.218 e. The molecule has 1 atom stereocenters. The number of nitrogens with zero attached hydrogens (tertiary/aromatic N) is 3. The van der Waals surface area contributed by atoms with Gasteiger partial charge in [-0.15, -0.1) is 0 Å². The van der Waals surface area contributed by atoms with Gasteiger partial charge in [0.25, 0.3) is 0 Å². The fourth-order valence-electron chi connectivity index (χ4n) is 1.51. The van der Waals surface area contributed by atoms with Crippen LogP contribution >= 0.6 is 0 Å². The lowest BCUT2D eigenvalue weighted by Gasteiger charge is -2.22. The summed E-state index contributed by atoms with van der Waals surface area (Å²) in [5.41, 5.74) is 5.58. The van der Waals surface area contributed by atoms with Crippen molar-refractivity contribution < 1.29 is 4.74 Å². The molecule has 2 heterocycles. The number of nitrogen functional groups attached to an aromatic ring is 1. The summed E-state index contributed by atoms with van der Waals surface area (Å²) in [7, 11) is 1.79. The van der Waals surface area contributed by atoms with Crippen LogP contribution in [0.15, 0.2) is 0 Å². The number of aryl methyl sites for hydroxylation is 1. The fourth-order valence-corrected chi connectivity index (χ4v) is 1.51. The van der Waals surface area contributed by atoms with Gasteiger partial charge in [0.15, 0.2) is 5.82 Å². The molecular formula is C8H15N5O. The van der Waals surface area contributed by atoms with Crippen molar-refractivity contribution in [3.05, 3.63) is 5.82 Å². The third kappa shape index (κ3) is 2.02. The van der Waals surface area contributed by atoms with E-state index < -0.39 is 0 Å². The minimum atomic E-state index is 0.311. The molecule has 0 spiro atoms. The Kier molecular flexibility index (Phi) is 2.64. The van der Waals surface area contributed by atoms with E-state index in [1.165, 1.54) is 0 Å². The van der Waals surface area contributed by atoms with Gasteiger partial charge in [-0.1, -0.05) is 0 Å². The van der Waals surface area contributed by atoms with Crippen LogP contribution < -0.4 is 11.1 Å². The van der Waals surface area contributed by atoms with E-state index >= 15 is 0 Å². The van der Waals surface area contributed by atoms with Crippen LogP contribution in [-0.2, 0) is 18.2 Å². The summed E-state index contributed by atoms with van der Waals surface area (Å²) < 4.78 is 6.92. The minimum Gasteiger partial charge on any atom is -0.379 e. The quantitative estimate of drug-likeness (QED) is 0.631. The third-order valence-corrected chi connectivity index (χ3v) is 2.27. The molecule has 1 unspecified atom stereocenters. The molecule has 1 fully saturated rings. The van der Waals surface area contributed by atoms with Crippen molar-refractivity contribution in [1.82, 2.24) is 20.1 Å². The second-order valence-electron chi connectivity index (χ2n) is 3.44. The average molecular weight is 197 g/mol. The highest BCUT2D eigenvalue weighted by atomic mass is 16.5. The van der Waals surface area contributed by atoms with Crippen LogP contribution in [0.25, 0.3) is 0 Å². The van der Waals surface area contributed by atoms with Crippen LogP contribution in [0.1, 0.15) is 5.82 Å². The number of nitrogens with one attached hydrogen (secondary N) is 1. The number of nitrogens with two attached hydrogens (primary N) is 1. The molecule has 0 radical (unpaired) electrons. The molecule has 0 amide bonds. The van der Waals surface area contributed by atoms with Crippen LogP contribution in [0.5, 0.6) is 0 Å². The van der Waals surface area contributed by atoms with Crippen molar-refractivity contribution in [2.45, 2.75) is 12.5 Å². The second-order valence-corrected chi connectivity index (χ2v) is 3.44. The Morgan fingerprint density at radius 1 is 1.71 bits per heavy atom. The molecule has 0 aromatic carbocycles. The smallest absolute Gasteiger partial charge is 0.218 e. The molecule has 2 rings (SSSR count). The SMILES string of the molecule is Cn1nc(CC2COCCN2)nc1N. The molecule has 0 saturated carbocycles. The Morgan fingerprint density at radius 2 is 2.57 bits per heavy atom. The lowest BCUT2D eigenvalue weighted by atomic mass is 10.2. The molecular weight excluding hydrogens is 182 g/mol. The van der Waals surface area contributed by atoms with Gasteiger partial charge in [-0.25, -0.2) is 4.68 Å². The number of hydrogen-bond donors (Lipinski definition) is 2. The lowest BCUT2D eigenvalue weighted by molar-refractivity contribution is 0.0764. The highest BCUT2D eigenvalue weighted by Gasteiger charge is 2.16. The normalized spacial score (nSPS) is 22.5. The van der Waals surface area contributed by atoms with E-state index in [2.05, 4.69) is 15.4 Å². The minimum absolute atomic E-state index is 0.311. The molecule has 3 N–H and O–H groups in total. The second kappa shape index (κ2) is 3.93. The lowest BCUT2D eigenvalue weighted by Crippen LogP contribution is -2.42. The number of aromatic nitrogens is 3. The Morgan fingerprint density at radius 3 is 3.14 bits per heavy atom. The molecule has 0 bridgehead atoms. The Labute approximate surface area is 82.4 Å². The van der Waals surface area contributed by atoms with Gasteiger partial charge in [0.1, 0.15) is 0 Å². The fraction of sp³-hybridized carbons (Fsp3) is 0.750. The summed E-state index contributed by atoms with van der Waals surface area (Å²) in [4.78, 5) is 4.14. The summed E-state index contributed by atoms with van der Waals surface area (Å²) in [5, 5.41) is 7.53. The number of hydrogen-bond acceptors (Lipinski definition) is 5.